The Morgan fingerprint density at radius 1 is 1.82 bits per heavy atom. The molecule has 2 heterocycles. The number of alkyl halides is 1. The van der Waals surface area contributed by atoms with E-state index in [1.807, 2.05) is 4.90 Å². The molecule has 2 aliphatic rings. The van der Waals surface area contributed by atoms with E-state index in [4.69, 9.17) is 6.48 Å². The van der Waals surface area contributed by atoms with Crippen molar-refractivity contribution in [2.24, 2.45) is 0 Å². The van der Waals surface area contributed by atoms with Gasteiger partial charge in [-0.05, 0) is 19.4 Å². The van der Waals surface area contributed by atoms with Crippen LogP contribution < -0.4 is 0 Å². The summed E-state index contributed by atoms with van der Waals surface area (Å²) in [4.78, 5) is 1.93. The van der Waals surface area contributed by atoms with Crippen molar-refractivity contribution < 1.29 is 10.9 Å². The van der Waals surface area contributed by atoms with Crippen molar-refractivity contribution in [1.82, 2.24) is 4.90 Å². The van der Waals surface area contributed by atoms with E-state index in [0.717, 1.165) is 19.4 Å². The Bertz CT molecular complexity index is 199. The molecule has 0 aliphatic carbocycles. The number of nitrogens with zero attached hydrogens (tertiary/aromatic N) is 1. The maximum atomic E-state index is 13.3. The fraction of sp³-hybridized carbons (Fsp3) is 1.00. The Kier molecular flexibility index (Phi) is 1.40. The SMILES string of the molecule is [2H]C1(F)CN2CCCC2(CO)C1. The summed E-state index contributed by atoms with van der Waals surface area (Å²) >= 11 is 0. The van der Waals surface area contributed by atoms with Crippen molar-refractivity contribution in [3.63, 3.8) is 0 Å². The molecule has 2 unspecified atom stereocenters. The van der Waals surface area contributed by atoms with Gasteiger partial charge in [-0.3, -0.25) is 4.90 Å². The molecule has 2 atom stereocenters. The molecule has 0 aromatic rings. The van der Waals surface area contributed by atoms with Crippen LogP contribution in [-0.2, 0) is 0 Å². The average Bonchev–Trinajstić information content (AvgIpc) is 2.40. The minimum atomic E-state index is -1.83. The van der Waals surface area contributed by atoms with E-state index in [0.29, 0.717) is 0 Å². The summed E-state index contributed by atoms with van der Waals surface area (Å²) in [6.45, 7) is 1.01. The van der Waals surface area contributed by atoms with Gasteiger partial charge in [0.1, 0.15) is 6.15 Å². The van der Waals surface area contributed by atoms with E-state index in [2.05, 4.69) is 0 Å². The summed E-state index contributed by atoms with van der Waals surface area (Å²) in [6, 6.07) is 0. The summed E-state index contributed by atoms with van der Waals surface area (Å²) in [5, 5.41) is 9.17. The highest BCUT2D eigenvalue weighted by Crippen LogP contribution is 2.39. The summed E-state index contributed by atoms with van der Waals surface area (Å²) in [5.41, 5.74) is -0.392. The van der Waals surface area contributed by atoms with Gasteiger partial charge < -0.3 is 5.11 Å². The molecule has 64 valence electrons. The number of halogens is 1. The number of aliphatic hydroxyl groups is 1. The largest absolute Gasteiger partial charge is 0.394 e. The lowest BCUT2D eigenvalue weighted by atomic mass is 9.95. The third-order valence-electron chi connectivity index (χ3n) is 2.92. The standard InChI is InChI=1S/C8H14FNO/c9-7-4-8(6-11)2-1-3-10(8)5-7/h7,11H,1-6H2/i7D. The molecular formula is C8H14FNO. The van der Waals surface area contributed by atoms with Gasteiger partial charge in [0.15, 0.2) is 0 Å². The molecule has 2 fully saturated rings. The van der Waals surface area contributed by atoms with Gasteiger partial charge in [0.05, 0.1) is 7.98 Å². The highest BCUT2D eigenvalue weighted by atomic mass is 19.1. The van der Waals surface area contributed by atoms with Gasteiger partial charge in [0.25, 0.3) is 0 Å². The number of rotatable bonds is 1. The molecule has 0 spiro atoms. The minimum absolute atomic E-state index is 0.00243. The molecule has 0 bridgehead atoms. The van der Waals surface area contributed by atoms with E-state index in [1.54, 1.807) is 0 Å². The second-order valence-electron chi connectivity index (χ2n) is 3.60. The summed E-state index contributed by atoms with van der Waals surface area (Å²) in [7, 11) is 0. The van der Waals surface area contributed by atoms with Gasteiger partial charge in [0, 0.05) is 18.5 Å². The number of aliphatic hydroxyl groups excluding tert-OH is 1. The number of hydrogen-bond acceptors (Lipinski definition) is 2. The molecule has 0 saturated carbocycles. The van der Waals surface area contributed by atoms with Crippen molar-refractivity contribution in [3.05, 3.63) is 0 Å². The monoisotopic (exact) mass is 160 g/mol. The molecule has 0 aromatic carbocycles. The van der Waals surface area contributed by atoms with Crippen LogP contribution >= 0.6 is 0 Å². The molecule has 1 N–H and O–H groups in total. The summed E-state index contributed by atoms with van der Waals surface area (Å²) in [5.74, 6) is 0. The third-order valence-corrected chi connectivity index (χ3v) is 2.92. The van der Waals surface area contributed by atoms with Gasteiger partial charge >= 0.3 is 0 Å². The Balaban J connectivity index is 2.20. The Labute approximate surface area is 67.4 Å². The van der Waals surface area contributed by atoms with Crippen molar-refractivity contribution in [2.45, 2.75) is 30.9 Å². The van der Waals surface area contributed by atoms with Crippen LogP contribution in [0.25, 0.3) is 0 Å². The lowest BCUT2D eigenvalue weighted by Gasteiger charge is -2.28. The van der Waals surface area contributed by atoms with Crippen LogP contribution in [-0.4, -0.2) is 41.4 Å². The normalized spacial score (nSPS) is 52.7. The lowest BCUT2D eigenvalue weighted by molar-refractivity contribution is 0.0996. The fourth-order valence-corrected chi connectivity index (χ4v) is 2.30. The highest BCUT2D eigenvalue weighted by Gasteiger charge is 2.47. The summed E-state index contributed by atoms with van der Waals surface area (Å²) < 4.78 is 20.6. The predicted molar refractivity (Wildman–Crippen MR) is 40.1 cm³/mol. The predicted octanol–water partition coefficient (Wildman–Crippen LogP) is 0.555. The molecule has 0 aromatic heterocycles. The first-order valence-electron chi connectivity index (χ1n) is 4.63. The number of hydrogen-bond donors (Lipinski definition) is 1. The fourth-order valence-electron chi connectivity index (χ4n) is 2.30. The molecule has 0 amide bonds. The zero-order valence-electron chi connectivity index (χ0n) is 7.52. The van der Waals surface area contributed by atoms with E-state index in [-0.39, 0.29) is 19.6 Å². The molecule has 0 radical (unpaired) electrons. The van der Waals surface area contributed by atoms with Crippen molar-refractivity contribution in [2.75, 3.05) is 19.7 Å². The molecule has 2 saturated heterocycles. The van der Waals surface area contributed by atoms with E-state index in [9.17, 15) is 4.39 Å². The van der Waals surface area contributed by atoms with Gasteiger partial charge in [0.2, 0.25) is 0 Å². The first kappa shape index (κ1) is 6.38. The van der Waals surface area contributed by atoms with Crippen molar-refractivity contribution >= 4 is 0 Å². The lowest BCUT2D eigenvalue weighted by Crippen LogP contribution is -2.41. The van der Waals surface area contributed by atoms with Gasteiger partial charge in [-0.25, -0.2) is 4.39 Å². The molecule has 2 nitrogen and oxygen atoms in total. The number of fused-ring (bicyclic) bond motifs is 1. The minimum Gasteiger partial charge on any atom is -0.394 e. The van der Waals surface area contributed by atoms with Crippen LogP contribution in [0.4, 0.5) is 4.39 Å². The highest BCUT2D eigenvalue weighted by molar-refractivity contribution is 5.03. The smallest absolute Gasteiger partial charge is 0.115 e. The first-order valence-corrected chi connectivity index (χ1v) is 4.13. The van der Waals surface area contributed by atoms with Gasteiger partial charge in [-0.2, -0.15) is 0 Å². The Morgan fingerprint density at radius 3 is 3.27 bits per heavy atom. The van der Waals surface area contributed by atoms with E-state index < -0.39 is 11.7 Å². The van der Waals surface area contributed by atoms with E-state index >= 15 is 0 Å². The second kappa shape index (κ2) is 2.42. The van der Waals surface area contributed by atoms with Crippen LogP contribution in [0.3, 0.4) is 0 Å². The first-order chi connectivity index (χ1) is 5.58. The van der Waals surface area contributed by atoms with Crippen molar-refractivity contribution in [3.8, 4) is 0 Å². The van der Waals surface area contributed by atoms with Crippen molar-refractivity contribution in [1.29, 1.82) is 0 Å². The molecule has 2 aliphatic heterocycles. The average molecular weight is 160 g/mol. The topological polar surface area (TPSA) is 23.5 Å². The quantitative estimate of drug-likeness (QED) is 0.605. The van der Waals surface area contributed by atoms with Crippen LogP contribution in [0.2, 0.25) is 0 Å². The Hall–Kier alpha value is -0.150. The summed E-state index contributed by atoms with van der Waals surface area (Å²) in [6.07, 6.45) is 0.213. The second-order valence-corrected chi connectivity index (χ2v) is 3.60. The Morgan fingerprint density at radius 2 is 2.64 bits per heavy atom. The van der Waals surface area contributed by atoms with Crippen LogP contribution in [0.1, 0.15) is 20.6 Å². The van der Waals surface area contributed by atoms with Crippen LogP contribution in [0, 0.1) is 0 Å². The molecular weight excluding hydrogens is 145 g/mol. The van der Waals surface area contributed by atoms with E-state index in [1.165, 1.54) is 0 Å². The maximum absolute atomic E-state index is 13.3. The zero-order valence-corrected chi connectivity index (χ0v) is 6.52. The third kappa shape index (κ3) is 0.983. The zero-order chi connectivity index (χ0) is 8.82. The van der Waals surface area contributed by atoms with Crippen LogP contribution in [0.5, 0.6) is 0 Å². The molecule has 2 rings (SSSR count). The molecule has 11 heavy (non-hydrogen) atoms. The maximum Gasteiger partial charge on any atom is 0.115 e. The van der Waals surface area contributed by atoms with Gasteiger partial charge in [-0.1, -0.05) is 0 Å². The van der Waals surface area contributed by atoms with Gasteiger partial charge in [-0.15, -0.1) is 0 Å². The molecule has 3 heteroatoms. The van der Waals surface area contributed by atoms with Crippen LogP contribution in [0.15, 0.2) is 0 Å².